The molecule has 0 aliphatic heterocycles. The van der Waals surface area contributed by atoms with Crippen molar-refractivity contribution < 1.29 is 9.90 Å². The molecule has 0 aliphatic carbocycles. The molecular formula is C6H12O2. The molecule has 0 heterocycles. The lowest BCUT2D eigenvalue weighted by Crippen LogP contribution is -2.14. The summed E-state index contributed by atoms with van der Waals surface area (Å²) in [5.41, 5.74) is 0. The quantitative estimate of drug-likeness (QED) is 0.548. The zero-order valence-electron chi connectivity index (χ0n) is 5.29. The van der Waals surface area contributed by atoms with Gasteiger partial charge >= 0.3 is 0 Å². The molecule has 0 amide bonds. The summed E-state index contributed by atoms with van der Waals surface area (Å²) in [4.78, 5) is 9.76. The van der Waals surface area contributed by atoms with Crippen molar-refractivity contribution in [1.82, 2.24) is 0 Å². The minimum atomic E-state index is -0.451. The lowest BCUT2D eigenvalue weighted by molar-refractivity contribution is -0.110. The average molecular weight is 116 g/mol. The summed E-state index contributed by atoms with van der Waals surface area (Å²) in [6.07, 6.45) is 0.551. The maximum atomic E-state index is 9.76. The molecule has 0 fully saturated rings. The number of aldehydes is 1. The van der Waals surface area contributed by atoms with Gasteiger partial charge in [0.2, 0.25) is 0 Å². The number of aliphatic hydroxyl groups is 1. The number of hydrogen-bond donors (Lipinski definition) is 1. The van der Waals surface area contributed by atoms with Crippen LogP contribution in [0.5, 0.6) is 0 Å². The van der Waals surface area contributed by atoms with E-state index in [0.717, 1.165) is 6.29 Å². The van der Waals surface area contributed by atoms with Gasteiger partial charge in [0.1, 0.15) is 6.29 Å². The van der Waals surface area contributed by atoms with Crippen LogP contribution in [0, 0.1) is 5.92 Å². The van der Waals surface area contributed by atoms with Gasteiger partial charge in [-0.15, -0.1) is 0 Å². The smallest absolute Gasteiger partial charge is 0.122 e. The molecule has 1 N–H and O–H groups in total. The van der Waals surface area contributed by atoms with E-state index in [4.69, 9.17) is 5.11 Å². The highest BCUT2D eigenvalue weighted by atomic mass is 16.3. The molecule has 0 aliphatic rings. The third kappa shape index (κ3) is 2.75. The summed E-state index contributed by atoms with van der Waals surface area (Å²) in [6, 6.07) is 0. The van der Waals surface area contributed by atoms with Crippen LogP contribution in [0.3, 0.4) is 0 Å². The number of aliphatic hydroxyl groups excluding tert-OH is 1. The molecule has 0 unspecified atom stereocenters. The molecule has 2 nitrogen and oxygen atoms in total. The van der Waals surface area contributed by atoms with E-state index >= 15 is 0 Å². The highest BCUT2D eigenvalue weighted by Gasteiger charge is 2.06. The molecule has 0 spiro atoms. The molecule has 48 valence electrons. The number of carbonyl (C=O) groups is 1. The maximum Gasteiger partial charge on any atom is 0.122 e. The van der Waals surface area contributed by atoms with Crippen LogP contribution in [-0.4, -0.2) is 17.5 Å². The number of carbonyl (C=O) groups excluding carboxylic acids is 1. The Morgan fingerprint density at radius 1 is 1.62 bits per heavy atom. The van der Waals surface area contributed by atoms with Gasteiger partial charge in [-0.2, -0.15) is 0 Å². The van der Waals surface area contributed by atoms with Crippen molar-refractivity contribution in [3.8, 4) is 0 Å². The van der Waals surface area contributed by atoms with Gasteiger partial charge in [0, 0.05) is 6.42 Å². The summed E-state index contributed by atoms with van der Waals surface area (Å²) in [6.45, 7) is 3.77. The van der Waals surface area contributed by atoms with Crippen molar-refractivity contribution in [2.45, 2.75) is 26.4 Å². The fraction of sp³-hybridized carbons (Fsp3) is 0.833. The zero-order chi connectivity index (χ0) is 6.57. The topological polar surface area (TPSA) is 37.3 Å². The first-order valence-corrected chi connectivity index (χ1v) is 2.80. The van der Waals surface area contributed by atoms with Crippen LogP contribution in [0.2, 0.25) is 0 Å². The van der Waals surface area contributed by atoms with Gasteiger partial charge in [0.25, 0.3) is 0 Å². The molecule has 0 saturated heterocycles. The Balaban J connectivity index is 3.30. The Hall–Kier alpha value is -0.370. The largest absolute Gasteiger partial charge is 0.392 e. The van der Waals surface area contributed by atoms with Crippen molar-refractivity contribution in [3.63, 3.8) is 0 Å². The summed E-state index contributed by atoms with van der Waals surface area (Å²) in [5.74, 6) is 0.195. The molecule has 0 aromatic rings. The fourth-order valence-electron chi connectivity index (χ4n) is 0.371. The molecule has 0 rings (SSSR count). The van der Waals surface area contributed by atoms with E-state index in [9.17, 15) is 4.79 Å². The van der Waals surface area contributed by atoms with E-state index in [1.165, 1.54) is 0 Å². The number of hydrogen-bond acceptors (Lipinski definition) is 2. The molecule has 2 heteroatoms. The second kappa shape index (κ2) is 3.61. The lowest BCUT2D eigenvalue weighted by atomic mass is 10.1. The van der Waals surface area contributed by atoms with Crippen molar-refractivity contribution in [2.24, 2.45) is 5.92 Å². The van der Waals surface area contributed by atoms with E-state index in [-0.39, 0.29) is 12.3 Å². The third-order valence-electron chi connectivity index (χ3n) is 1.11. The summed E-state index contributed by atoms with van der Waals surface area (Å²) >= 11 is 0. The molecular weight excluding hydrogens is 104 g/mol. The Morgan fingerprint density at radius 2 is 2.12 bits per heavy atom. The van der Waals surface area contributed by atoms with Crippen LogP contribution in [0.25, 0.3) is 0 Å². The van der Waals surface area contributed by atoms with Crippen LogP contribution in [-0.2, 0) is 4.79 Å². The maximum absolute atomic E-state index is 9.76. The fourth-order valence-corrected chi connectivity index (χ4v) is 0.371. The minimum Gasteiger partial charge on any atom is -0.392 e. The van der Waals surface area contributed by atoms with E-state index < -0.39 is 6.10 Å². The first-order valence-electron chi connectivity index (χ1n) is 2.80. The van der Waals surface area contributed by atoms with Crippen LogP contribution < -0.4 is 0 Å². The molecule has 1 atom stereocenters. The minimum absolute atomic E-state index is 0.195. The Kier molecular flexibility index (Phi) is 3.44. The van der Waals surface area contributed by atoms with Gasteiger partial charge in [-0.3, -0.25) is 0 Å². The third-order valence-corrected chi connectivity index (χ3v) is 1.11. The van der Waals surface area contributed by atoms with Crippen molar-refractivity contribution >= 4 is 6.29 Å². The van der Waals surface area contributed by atoms with Crippen LogP contribution >= 0.6 is 0 Å². The first-order chi connectivity index (χ1) is 3.68. The Bertz CT molecular complexity index is 68.9. The van der Waals surface area contributed by atoms with Gasteiger partial charge < -0.3 is 9.90 Å². The molecule has 0 aromatic heterocycles. The summed E-state index contributed by atoms with van der Waals surface area (Å²) in [5, 5.41) is 8.90. The highest BCUT2D eigenvalue weighted by molar-refractivity contribution is 5.50. The monoisotopic (exact) mass is 116 g/mol. The van der Waals surface area contributed by atoms with Gasteiger partial charge in [0.05, 0.1) is 6.10 Å². The van der Waals surface area contributed by atoms with Gasteiger partial charge in [-0.05, 0) is 5.92 Å². The average Bonchev–Trinajstić information content (AvgIpc) is 1.67. The van der Waals surface area contributed by atoms with Crippen LogP contribution in [0.1, 0.15) is 20.3 Å². The van der Waals surface area contributed by atoms with E-state index in [2.05, 4.69) is 0 Å². The standard InChI is InChI=1S/C6H12O2/c1-5(2)6(8)3-4-7/h4-6,8H,3H2,1-2H3/t6-/m1/s1. The summed E-state index contributed by atoms with van der Waals surface area (Å²) in [7, 11) is 0. The normalized spacial score (nSPS) is 14.0. The van der Waals surface area contributed by atoms with Gasteiger partial charge in [-0.25, -0.2) is 0 Å². The van der Waals surface area contributed by atoms with Gasteiger partial charge in [0.15, 0.2) is 0 Å². The molecule has 0 aromatic carbocycles. The number of rotatable bonds is 3. The zero-order valence-corrected chi connectivity index (χ0v) is 5.29. The van der Waals surface area contributed by atoms with Crippen LogP contribution in [0.15, 0.2) is 0 Å². The SMILES string of the molecule is CC(C)[C@H](O)CC=O. The Labute approximate surface area is 49.5 Å². The van der Waals surface area contributed by atoms with E-state index in [0.29, 0.717) is 0 Å². The van der Waals surface area contributed by atoms with Crippen LogP contribution in [0.4, 0.5) is 0 Å². The molecule has 0 saturated carbocycles. The van der Waals surface area contributed by atoms with E-state index in [1.807, 2.05) is 13.8 Å². The molecule has 8 heavy (non-hydrogen) atoms. The van der Waals surface area contributed by atoms with Gasteiger partial charge in [-0.1, -0.05) is 13.8 Å². The molecule has 0 radical (unpaired) electrons. The first kappa shape index (κ1) is 7.63. The van der Waals surface area contributed by atoms with E-state index in [1.54, 1.807) is 0 Å². The Morgan fingerprint density at radius 3 is 2.25 bits per heavy atom. The summed E-state index contributed by atoms with van der Waals surface area (Å²) < 4.78 is 0. The highest BCUT2D eigenvalue weighted by Crippen LogP contribution is 2.02. The van der Waals surface area contributed by atoms with Crippen molar-refractivity contribution in [2.75, 3.05) is 0 Å². The second-order valence-corrected chi connectivity index (χ2v) is 2.21. The predicted octanol–water partition coefficient (Wildman–Crippen LogP) is 0.592. The second-order valence-electron chi connectivity index (χ2n) is 2.21. The predicted molar refractivity (Wildman–Crippen MR) is 31.5 cm³/mol. The molecule has 0 bridgehead atoms. The van der Waals surface area contributed by atoms with Crippen molar-refractivity contribution in [1.29, 1.82) is 0 Å². The van der Waals surface area contributed by atoms with Crippen molar-refractivity contribution in [3.05, 3.63) is 0 Å². The lowest BCUT2D eigenvalue weighted by Gasteiger charge is -2.08.